The average molecular weight is 446 g/mol. The molecule has 0 aliphatic carbocycles. The topological polar surface area (TPSA) is 118 Å². The van der Waals surface area contributed by atoms with Gasteiger partial charge in [0.05, 0.1) is 20.4 Å². The number of amides is 1. The third kappa shape index (κ3) is 4.94. The van der Waals surface area contributed by atoms with Gasteiger partial charge in [-0.05, 0) is 55.0 Å². The average Bonchev–Trinajstić information content (AvgIpc) is 2.68. The van der Waals surface area contributed by atoms with Crippen LogP contribution in [0.15, 0.2) is 71.6 Å². The van der Waals surface area contributed by atoms with Crippen molar-refractivity contribution < 1.29 is 18.1 Å². The number of benzene rings is 3. The fourth-order valence-corrected chi connectivity index (χ4v) is 3.91. The Morgan fingerprint density at radius 1 is 1.00 bits per heavy atom. The van der Waals surface area contributed by atoms with E-state index in [1.165, 1.54) is 42.5 Å². The summed E-state index contributed by atoms with van der Waals surface area (Å²) in [6, 6.07) is 15.8. The summed E-state index contributed by atoms with van der Waals surface area (Å²) in [4.78, 5) is 22.6. The molecule has 8 nitrogen and oxygen atoms in total. The minimum absolute atomic E-state index is 0.0536. The molecule has 0 heterocycles. The molecule has 0 aromatic heterocycles. The van der Waals surface area contributed by atoms with Gasteiger partial charge in [0.2, 0.25) is 0 Å². The molecule has 0 bridgehead atoms. The molecule has 3 aromatic rings. The van der Waals surface area contributed by atoms with Gasteiger partial charge in [0.1, 0.15) is 0 Å². The van der Waals surface area contributed by atoms with Crippen LogP contribution in [0.25, 0.3) is 0 Å². The summed E-state index contributed by atoms with van der Waals surface area (Å²) in [6.07, 6.45) is 0. The van der Waals surface area contributed by atoms with E-state index in [2.05, 4.69) is 10.0 Å². The van der Waals surface area contributed by atoms with Gasteiger partial charge in [0.15, 0.2) is 0 Å². The number of hydrogen-bond donors (Lipinski definition) is 2. The summed E-state index contributed by atoms with van der Waals surface area (Å²) >= 11 is 6.09. The summed E-state index contributed by atoms with van der Waals surface area (Å²) in [5.74, 6) is -0.651. The van der Waals surface area contributed by atoms with Gasteiger partial charge in [0.25, 0.3) is 21.6 Å². The number of sulfonamides is 1. The first kappa shape index (κ1) is 21.3. The summed E-state index contributed by atoms with van der Waals surface area (Å²) in [5.41, 5.74) is 1.40. The van der Waals surface area contributed by atoms with E-state index in [1.54, 1.807) is 18.2 Å². The van der Waals surface area contributed by atoms with Crippen molar-refractivity contribution in [1.82, 2.24) is 0 Å². The highest BCUT2D eigenvalue weighted by atomic mass is 35.5. The predicted octanol–water partition coefficient (Wildman–Crippen LogP) is 4.61. The van der Waals surface area contributed by atoms with Crippen LogP contribution in [0.3, 0.4) is 0 Å². The highest BCUT2D eigenvalue weighted by Crippen LogP contribution is 2.24. The first-order valence-electron chi connectivity index (χ1n) is 8.60. The number of rotatable bonds is 6. The van der Waals surface area contributed by atoms with Crippen LogP contribution < -0.4 is 10.0 Å². The molecule has 2 N–H and O–H groups in total. The van der Waals surface area contributed by atoms with E-state index in [0.29, 0.717) is 11.4 Å². The molecule has 1 amide bonds. The van der Waals surface area contributed by atoms with Crippen LogP contribution in [0.5, 0.6) is 0 Å². The zero-order valence-electron chi connectivity index (χ0n) is 15.6. The van der Waals surface area contributed by atoms with Crippen molar-refractivity contribution in [3.05, 3.63) is 93.0 Å². The highest BCUT2D eigenvalue weighted by molar-refractivity contribution is 7.92. The van der Waals surface area contributed by atoms with Gasteiger partial charge >= 0.3 is 0 Å². The van der Waals surface area contributed by atoms with Gasteiger partial charge in [-0.15, -0.1) is 0 Å². The molecule has 30 heavy (non-hydrogen) atoms. The minimum atomic E-state index is -3.95. The second-order valence-electron chi connectivity index (χ2n) is 6.37. The lowest BCUT2D eigenvalue weighted by Gasteiger charge is -2.11. The molecule has 0 spiro atoms. The predicted molar refractivity (Wildman–Crippen MR) is 114 cm³/mol. The van der Waals surface area contributed by atoms with Crippen molar-refractivity contribution in [2.75, 3.05) is 10.0 Å². The molecule has 0 radical (unpaired) electrons. The Kier molecular flexibility index (Phi) is 6.04. The molecule has 0 aliphatic rings. The number of carbonyl (C=O) groups is 1. The summed E-state index contributed by atoms with van der Waals surface area (Å²) in [6.45, 7) is 1.83. The zero-order valence-corrected chi connectivity index (χ0v) is 17.2. The molecule has 0 saturated heterocycles. The maximum absolute atomic E-state index is 12.7. The fraction of sp³-hybridized carbons (Fsp3) is 0.0500. The molecular formula is C20H16ClN3O5S. The van der Waals surface area contributed by atoms with E-state index >= 15 is 0 Å². The number of nitro benzene ring substituents is 1. The van der Waals surface area contributed by atoms with Crippen LogP contribution in [-0.2, 0) is 10.0 Å². The molecule has 10 heteroatoms. The first-order valence-corrected chi connectivity index (χ1v) is 10.5. The number of nitrogens with one attached hydrogen (secondary N) is 2. The lowest BCUT2D eigenvalue weighted by atomic mass is 10.2. The Hall–Kier alpha value is -3.43. The van der Waals surface area contributed by atoms with E-state index in [4.69, 9.17) is 11.6 Å². The monoisotopic (exact) mass is 445 g/mol. The maximum Gasteiger partial charge on any atom is 0.269 e. The summed E-state index contributed by atoms with van der Waals surface area (Å²) in [5, 5.41) is 13.3. The summed E-state index contributed by atoms with van der Waals surface area (Å²) in [7, 11) is -3.95. The number of nitro groups is 1. The van der Waals surface area contributed by atoms with E-state index in [0.717, 1.165) is 5.56 Å². The van der Waals surface area contributed by atoms with Gasteiger partial charge in [-0.1, -0.05) is 23.7 Å². The van der Waals surface area contributed by atoms with E-state index in [-0.39, 0.29) is 21.2 Å². The van der Waals surface area contributed by atoms with Crippen LogP contribution in [0.1, 0.15) is 15.9 Å². The summed E-state index contributed by atoms with van der Waals surface area (Å²) < 4.78 is 27.9. The van der Waals surface area contributed by atoms with Crippen LogP contribution in [0.4, 0.5) is 17.1 Å². The molecule has 0 aliphatic heterocycles. The largest absolute Gasteiger partial charge is 0.322 e. The van der Waals surface area contributed by atoms with Crippen molar-refractivity contribution in [2.45, 2.75) is 11.8 Å². The highest BCUT2D eigenvalue weighted by Gasteiger charge is 2.19. The van der Waals surface area contributed by atoms with E-state index in [9.17, 15) is 23.3 Å². The normalized spacial score (nSPS) is 11.0. The Balaban J connectivity index is 1.85. The van der Waals surface area contributed by atoms with E-state index < -0.39 is 20.9 Å². The van der Waals surface area contributed by atoms with Crippen LogP contribution in [0.2, 0.25) is 5.02 Å². The van der Waals surface area contributed by atoms with Crippen LogP contribution in [-0.4, -0.2) is 19.2 Å². The van der Waals surface area contributed by atoms with Crippen molar-refractivity contribution in [2.24, 2.45) is 0 Å². The van der Waals surface area contributed by atoms with Gasteiger partial charge in [0, 0.05) is 23.5 Å². The number of nitrogens with zero attached hydrogens (tertiary/aromatic N) is 1. The lowest BCUT2D eigenvalue weighted by Crippen LogP contribution is -2.16. The molecular weight excluding hydrogens is 430 g/mol. The fourth-order valence-electron chi connectivity index (χ4n) is 2.63. The Morgan fingerprint density at radius 2 is 1.70 bits per heavy atom. The second-order valence-corrected chi connectivity index (χ2v) is 8.46. The molecule has 0 fully saturated rings. The van der Waals surface area contributed by atoms with E-state index in [1.807, 2.05) is 13.0 Å². The smallest absolute Gasteiger partial charge is 0.269 e. The maximum atomic E-state index is 12.7. The number of non-ortho nitro benzene ring substituents is 1. The van der Waals surface area contributed by atoms with Crippen molar-refractivity contribution >= 4 is 44.6 Å². The number of carbonyl (C=O) groups excluding carboxylic acids is 1. The SMILES string of the molecule is Cc1cccc(NS(=O)(=O)c2ccc(Cl)c(C(=O)Nc3ccc([N+](=O)[O-])cc3)c2)c1. The molecule has 0 atom stereocenters. The molecule has 3 aromatic carbocycles. The Morgan fingerprint density at radius 3 is 2.33 bits per heavy atom. The van der Waals surface area contributed by atoms with Crippen LogP contribution in [0, 0.1) is 17.0 Å². The third-order valence-corrected chi connectivity index (χ3v) is 5.81. The number of anilines is 2. The van der Waals surface area contributed by atoms with Crippen LogP contribution >= 0.6 is 11.6 Å². The first-order chi connectivity index (χ1) is 14.2. The molecule has 154 valence electrons. The van der Waals surface area contributed by atoms with Crippen molar-refractivity contribution in [3.8, 4) is 0 Å². The van der Waals surface area contributed by atoms with Crippen molar-refractivity contribution in [3.63, 3.8) is 0 Å². The zero-order chi connectivity index (χ0) is 21.9. The van der Waals surface area contributed by atoms with Gasteiger partial charge in [-0.2, -0.15) is 0 Å². The number of aryl methyl sites for hydroxylation is 1. The third-order valence-electron chi connectivity index (χ3n) is 4.10. The molecule has 0 unspecified atom stereocenters. The Labute approximate surface area is 177 Å². The second kappa shape index (κ2) is 8.52. The van der Waals surface area contributed by atoms with Crippen molar-refractivity contribution in [1.29, 1.82) is 0 Å². The molecule has 0 saturated carbocycles. The van der Waals surface area contributed by atoms with Gasteiger partial charge < -0.3 is 5.32 Å². The standard InChI is InChI=1S/C20H16ClN3O5S/c1-13-3-2-4-15(11-13)23-30(28,29)17-9-10-19(21)18(12-17)20(25)22-14-5-7-16(8-6-14)24(26)27/h2-12,23H,1H3,(H,22,25). The Bertz CT molecular complexity index is 1230. The quantitative estimate of drug-likeness (QED) is 0.424. The van der Waals surface area contributed by atoms with Gasteiger partial charge in [-0.3, -0.25) is 19.6 Å². The number of hydrogen-bond acceptors (Lipinski definition) is 5. The minimum Gasteiger partial charge on any atom is -0.322 e. The van der Waals surface area contributed by atoms with Gasteiger partial charge in [-0.25, -0.2) is 8.42 Å². The number of halogens is 1. The molecule has 3 rings (SSSR count). The lowest BCUT2D eigenvalue weighted by molar-refractivity contribution is -0.384.